The highest BCUT2D eigenvalue weighted by atomic mass is 35.5. The van der Waals surface area contributed by atoms with Gasteiger partial charge in [0.15, 0.2) is 11.5 Å². The molecule has 1 heterocycles. The molecule has 0 saturated heterocycles. The van der Waals surface area contributed by atoms with E-state index in [2.05, 4.69) is 11.0 Å². The van der Waals surface area contributed by atoms with Gasteiger partial charge < -0.3 is 14.6 Å². The Kier molecular flexibility index (Phi) is 5.06. The Hall–Kier alpha value is -1.75. The van der Waals surface area contributed by atoms with Crippen LogP contribution in [0.25, 0.3) is 11.1 Å². The van der Waals surface area contributed by atoms with Crippen molar-refractivity contribution in [3.8, 4) is 22.6 Å². The summed E-state index contributed by atoms with van der Waals surface area (Å²) in [6.07, 6.45) is 0. The van der Waals surface area contributed by atoms with Gasteiger partial charge in [-0.25, -0.2) is 0 Å². The van der Waals surface area contributed by atoms with Crippen LogP contribution in [0.4, 0.5) is 0 Å². The molecule has 2 aromatic carbocycles. The Balaban J connectivity index is 1.94. The summed E-state index contributed by atoms with van der Waals surface area (Å²) in [7, 11) is 1.70. The Morgan fingerprint density at radius 2 is 2.13 bits per heavy atom. The van der Waals surface area contributed by atoms with E-state index in [1.165, 1.54) is 0 Å². The molecule has 2 aromatic rings. The Morgan fingerprint density at radius 1 is 1.26 bits per heavy atom. The fraction of sp³-hybridized carbons (Fsp3) is 0.333. The highest BCUT2D eigenvalue weighted by Crippen LogP contribution is 2.37. The van der Waals surface area contributed by atoms with Crippen molar-refractivity contribution in [3.63, 3.8) is 0 Å². The van der Waals surface area contributed by atoms with Gasteiger partial charge in [0.2, 0.25) is 0 Å². The SMILES string of the molecule is COCCN1CCOc2c(O)cc(-c3cccc(Cl)c3)cc2C1. The summed E-state index contributed by atoms with van der Waals surface area (Å²) in [5.41, 5.74) is 2.89. The summed E-state index contributed by atoms with van der Waals surface area (Å²) in [6.45, 7) is 3.60. The summed E-state index contributed by atoms with van der Waals surface area (Å²) in [5.74, 6) is 0.752. The maximum absolute atomic E-state index is 10.4. The predicted octanol–water partition coefficient (Wildman–Crippen LogP) is 3.55. The van der Waals surface area contributed by atoms with E-state index < -0.39 is 0 Å². The van der Waals surface area contributed by atoms with Crippen molar-refractivity contribution in [3.05, 3.63) is 47.0 Å². The second-order valence-corrected chi connectivity index (χ2v) is 6.05. The number of aromatic hydroxyl groups is 1. The lowest BCUT2D eigenvalue weighted by Crippen LogP contribution is -2.29. The van der Waals surface area contributed by atoms with Crippen molar-refractivity contribution < 1.29 is 14.6 Å². The van der Waals surface area contributed by atoms with E-state index in [1.807, 2.05) is 24.3 Å². The van der Waals surface area contributed by atoms with Crippen LogP contribution in [0.2, 0.25) is 5.02 Å². The monoisotopic (exact) mass is 333 g/mol. The van der Waals surface area contributed by atoms with Gasteiger partial charge in [-0.2, -0.15) is 0 Å². The van der Waals surface area contributed by atoms with Gasteiger partial charge in [0.1, 0.15) is 6.61 Å². The molecule has 0 aliphatic carbocycles. The van der Waals surface area contributed by atoms with E-state index in [9.17, 15) is 5.11 Å². The number of phenolic OH excluding ortho intramolecular Hbond substituents is 1. The highest BCUT2D eigenvalue weighted by molar-refractivity contribution is 6.30. The molecular weight excluding hydrogens is 314 g/mol. The number of nitrogens with zero attached hydrogens (tertiary/aromatic N) is 1. The summed E-state index contributed by atoms with van der Waals surface area (Å²) in [5, 5.41) is 11.0. The normalized spacial score (nSPS) is 14.9. The molecule has 0 radical (unpaired) electrons. The summed E-state index contributed by atoms with van der Waals surface area (Å²) >= 11 is 6.08. The molecule has 0 saturated carbocycles. The van der Waals surface area contributed by atoms with Crippen molar-refractivity contribution in [1.29, 1.82) is 0 Å². The lowest BCUT2D eigenvalue weighted by Gasteiger charge is -2.18. The molecule has 0 atom stereocenters. The lowest BCUT2D eigenvalue weighted by molar-refractivity contribution is 0.138. The van der Waals surface area contributed by atoms with Crippen LogP contribution in [-0.2, 0) is 11.3 Å². The minimum Gasteiger partial charge on any atom is -0.504 e. The molecule has 0 spiro atoms. The van der Waals surface area contributed by atoms with Gasteiger partial charge in [0.05, 0.1) is 6.61 Å². The zero-order valence-corrected chi connectivity index (χ0v) is 13.8. The van der Waals surface area contributed by atoms with E-state index in [4.69, 9.17) is 21.1 Å². The van der Waals surface area contributed by atoms with Crippen LogP contribution >= 0.6 is 11.6 Å². The third-order valence-corrected chi connectivity index (χ3v) is 4.20. The van der Waals surface area contributed by atoms with Crippen LogP contribution < -0.4 is 4.74 Å². The molecule has 0 bridgehead atoms. The van der Waals surface area contributed by atoms with Crippen LogP contribution in [-0.4, -0.2) is 43.4 Å². The summed E-state index contributed by atoms with van der Waals surface area (Å²) < 4.78 is 10.9. The van der Waals surface area contributed by atoms with Crippen molar-refractivity contribution >= 4 is 11.6 Å². The number of ether oxygens (including phenoxy) is 2. The molecule has 0 amide bonds. The van der Waals surface area contributed by atoms with Crippen molar-refractivity contribution in [2.24, 2.45) is 0 Å². The van der Waals surface area contributed by atoms with E-state index in [1.54, 1.807) is 13.2 Å². The van der Waals surface area contributed by atoms with Gasteiger partial charge in [-0.15, -0.1) is 0 Å². The predicted molar refractivity (Wildman–Crippen MR) is 91.2 cm³/mol. The van der Waals surface area contributed by atoms with Gasteiger partial charge in [0.25, 0.3) is 0 Å². The van der Waals surface area contributed by atoms with Crippen LogP contribution in [0.5, 0.6) is 11.5 Å². The molecule has 23 heavy (non-hydrogen) atoms. The first-order valence-electron chi connectivity index (χ1n) is 7.63. The number of benzene rings is 2. The number of hydrogen-bond donors (Lipinski definition) is 1. The van der Waals surface area contributed by atoms with E-state index in [0.717, 1.165) is 36.3 Å². The number of phenols is 1. The maximum atomic E-state index is 10.4. The third kappa shape index (κ3) is 3.78. The number of hydrogen-bond acceptors (Lipinski definition) is 4. The zero-order chi connectivity index (χ0) is 16.2. The second kappa shape index (κ2) is 7.21. The highest BCUT2D eigenvalue weighted by Gasteiger charge is 2.19. The lowest BCUT2D eigenvalue weighted by atomic mass is 10.0. The quantitative estimate of drug-likeness (QED) is 0.929. The van der Waals surface area contributed by atoms with Crippen molar-refractivity contribution in [2.45, 2.75) is 6.54 Å². The smallest absolute Gasteiger partial charge is 0.165 e. The molecular formula is C18H20ClNO3. The van der Waals surface area contributed by atoms with E-state index in [0.29, 0.717) is 24.0 Å². The molecule has 0 aromatic heterocycles. The van der Waals surface area contributed by atoms with Gasteiger partial charge >= 0.3 is 0 Å². The van der Waals surface area contributed by atoms with E-state index in [-0.39, 0.29) is 5.75 Å². The number of rotatable bonds is 4. The average molecular weight is 334 g/mol. The van der Waals surface area contributed by atoms with Crippen molar-refractivity contribution in [1.82, 2.24) is 4.90 Å². The minimum atomic E-state index is 0.172. The average Bonchev–Trinajstić information content (AvgIpc) is 2.75. The first-order valence-corrected chi connectivity index (χ1v) is 8.01. The van der Waals surface area contributed by atoms with Gasteiger partial charge in [-0.05, 0) is 35.4 Å². The Morgan fingerprint density at radius 3 is 2.91 bits per heavy atom. The third-order valence-electron chi connectivity index (χ3n) is 3.96. The number of fused-ring (bicyclic) bond motifs is 1. The minimum absolute atomic E-state index is 0.172. The van der Waals surface area contributed by atoms with Crippen LogP contribution in [0.3, 0.4) is 0 Å². The van der Waals surface area contributed by atoms with Crippen LogP contribution in [0.15, 0.2) is 36.4 Å². The summed E-state index contributed by atoms with van der Waals surface area (Å²) in [6, 6.07) is 11.4. The maximum Gasteiger partial charge on any atom is 0.165 e. The van der Waals surface area contributed by atoms with Crippen molar-refractivity contribution in [2.75, 3.05) is 33.4 Å². The second-order valence-electron chi connectivity index (χ2n) is 5.61. The van der Waals surface area contributed by atoms with Gasteiger partial charge in [0, 0.05) is 37.3 Å². The standard InChI is InChI=1S/C18H20ClNO3/c1-22-7-5-20-6-8-23-18-15(12-20)9-14(11-17(18)21)13-3-2-4-16(19)10-13/h2-4,9-11,21H,5-8,12H2,1H3. The van der Waals surface area contributed by atoms with Gasteiger partial charge in [-0.1, -0.05) is 23.7 Å². The molecule has 1 aliphatic rings. The zero-order valence-electron chi connectivity index (χ0n) is 13.1. The molecule has 3 rings (SSSR count). The number of halogens is 1. The topological polar surface area (TPSA) is 41.9 Å². The van der Waals surface area contributed by atoms with Crippen LogP contribution in [0.1, 0.15) is 5.56 Å². The fourth-order valence-corrected chi connectivity index (χ4v) is 2.99. The Bertz CT molecular complexity index is 690. The Labute approximate surface area is 141 Å². The molecule has 122 valence electrons. The first-order chi connectivity index (χ1) is 11.2. The van der Waals surface area contributed by atoms with Gasteiger partial charge in [-0.3, -0.25) is 4.90 Å². The molecule has 5 heteroatoms. The summed E-state index contributed by atoms with van der Waals surface area (Å²) in [4.78, 5) is 2.26. The molecule has 0 unspecified atom stereocenters. The first kappa shape index (κ1) is 16.1. The fourth-order valence-electron chi connectivity index (χ4n) is 2.80. The number of methoxy groups -OCH3 is 1. The molecule has 0 fully saturated rings. The molecule has 4 nitrogen and oxygen atoms in total. The molecule has 1 aliphatic heterocycles. The largest absolute Gasteiger partial charge is 0.504 e. The molecule has 1 N–H and O–H groups in total. The van der Waals surface area contributed by atoms with E-state index >= 15 is 0 Å². The van der Waals surface area contributed by atoms with Crippen LogP contribution in [0, 0.1) is 0 Å².